The zero-order valence-corrected chi connectivity index (χ0v) is 15.3. The lowest BCUT2D eigenvalue weighted by atomic mass is 10.1. The smallest absolute Gasteiger partial charge is 0.233 e. The molecule has 0 saturated carbocycles. The molecule has 24 heavy (non-hydrogen) atoms. The van der Waals surface area contributed by atoms with E-state index in [0.29, 0.717) is 11.4 Å². The molecule has 1 saturated heterocycles. The van der Waals surface area contributed by atoms with Crippen molar-refractivity contribution in [3.05, 3.63) is 24.3 Å². The molecule has 0 bridgehead atoms. The van der Waals surface area contributed by atoms with Crippen LogP contribution >= 0.6 is 0 Å². The van der Waals surface area contributed by atoms with Gasteiger partial charge in [-0.15, -0.1) is 0 Å². The summed E-state index contributed by atoms with van der Waals surface area (Å²) in [5.74, 6) is -0.298. The molecular formula is C17H26N2O4S. The van der Waals surface area contributed by atoms with Crippen molar-refractivity contribution in [2.24, 2.45) is 5.92 Å². The number of likely N-dealkylation sites (tertiary alicyclic amines) is 1. The Morgan fingerprint density at radius 1 is 1.46 bits per heavy atom. The molecule has 1 fully saturated rings. The summed E-state index contributed by atoms with van der Waals surface area (Å²) in [7, 11) is -2.09. The summed E-state index contributed by atoms with van der Waals surface area (Å²) in [5, 5.41) is 0. The Kier molecular flexibility index (Phi) is 6.10. The number of amides is 1. The lowest BCUT2D eigenvalue weighted by molar-refractivity contribution is -0.135. The van der Waals surface area contributed by atoms with E-state index in [1.54, 1.807) is 31.2 Å². The third-order valence-corrected chi connectivity index (χ3v) is 5.85. The Bertz CT molecular complexity index is 675. The van der Waals surface area contributed by atoms with Gasteiger partial charge < -0.3 is 9.64 Å². The van der Waals surface area contributed by atoms with E-state index in [0.717, 1.165) is 25.8 Å². The third-order valence-electron chi connectivity index (χ3n) is 4.37. The number of benzene rings is 1. The van der Waals surface area contributed by atoms with Crippen LogP contribution in [0.3, 0.4) is 0 Å². The molecule has 0 spiro atoms. The van der Waals surface area contributed by atoms with Gasteiger partial charge in [0.15, 0.2) is 0 Å². The Morgan fingerprint density at radius 2 is 2.21 bits per heavy atom. The Hall–Kier alpha value is -1.76. The number of carbonyl (C=O) groups excluding carboxylic acids is 1. The van der Waals surface area contributed by atoms with E-state index in [2.05, 4.69) is 11.6 Å². The summed E-state index contributed by atoms with van der Waals surface area (Å²) in [4.78, 5) is 14.4. The maximum absolute atomic E-state index is 12.6. The lowest BCUT2D eigenvalue weighted by Crippen LogP contribution is -2.41. The minimum Gasteiger partial charge on any atom is -0.497 e. The van der Waals surface area contributed by atoms with Crippen molar-refractivity contribution < 1.29 is 17.9 Å². The zero-order chi connectivity index (χ0) is 17.7. The van der Waals surface area contributed by atoms with Gasteiger partial charge in [-0.2, -0.15) is 0 Å². The van der Waals surface area contributed by atoms with Crippen LogP contribution in [-0.2, 0) is 14.8 Å². The number of hydrogen-bond acceptors (Lipinski definition) is 4. The Morgan fingerprint density at radius 3 is 2.88 bits per heavy atom. The first kappa shape index (κ1) is 18.6. The second-order valence-electron chi connectivity index (χ2n) is 6.25. The summed E-state index contributed by atoms with van der Waals surface area (Å²) >= 11 is 0. The number of ether oxygens (including phenoxy) is 1. The Balaban J connectivity index is 2.01. The predicted molar refractivity (Wildman–Crippen MR) is 94.6 cm³/mol. The van der Waals surface area contributed by atoms with E-state index in [1.807, 2.05) is 4.90 Å². The summed E-state index contributed by atoms with van der Waals surface area (Å²) in [5.41, 5.74) is 0.432. The van der Waals surface area contributed by atoms with Crippen molar-refractivity contribution in [2.45, 2.75) is 39.2 Å². The van der Waals surface area contributed by atoms with Gasteiger partial charge in [-0.1, -0.05) is 19.9 Å². The summed E-state index contributed by atoms with van der Waals surface area (Å²) in [6, 6.07) is 6.95. The van der Waals surface area contributed by atoms with Crippen molar-refractivity contribution >= 4 is 21.6 Å². The van der Waals surface area contributed by atoms with Gasteiger partial charge in [0.25, 0.3) is 0 Å². The van der Waals surface area contributed by atoms with Crippen molar-refractivity contribution in [3.63, 3.8) is 0 Å². The number of carbonyl (C=O) groups is 1. The monoisotopic (exact) mass is 354 g/mol. The average molecular weight is 354 g/mol. The molecule has 1 aliphatic heterocycles. The maximum atomic E-state index is 12.6. The highest BCUT2D eigenvalue weighted by atomic mass is 32.2. The topological polar surface area (TPSA) is 75.7 Å². The molecule has 1 aromatic rings. The number of hydrogen-bond donors (Lipinski definition) is 1. The molecular weight excluding hydrogens is 328 g/mol. The largest absolute Gasteiger partial charge is 0.497 e. The molecule has 1 aliphatic rings. The number of nitrogens with one attached hydrogen (secondary N) is 1. The van der Waals surface area contributed by atoms with Crippen LogP contribution in [0.1, 0.15) is 33.1 Å². The molecule has 1 amide bonds. The highest BCUT2D eigenvalue weighted by Crippen LogP contribution is 2.23. The standard InChI is InChI=1S/C17H26N2O4S/c1-4-15-8-6-10-19(15)17(20)13(2)12-24(21,22)18-14-7-5-9-16(11-14)23-3/h5,7,9,11,13,15,18H,4,6,8,10,12H2,1-3H3. The predicted octanol–water partition coefficient (Wildman–Crippen LogP) is 2.47. The highest BCUT2D eigenvalue weighted by molar-refractivity contribution is 7.92. The van der Waals surface area contributed by atoms with Crippen LogP contribution in [-0.4, -0.2) is 44.7 Å². The molecule has 0 radical (unpaired) electrons. The molecule has 0 aromatic heterocycles. The van der Waals surface area contributed by atoms with Gasteiger partial charge in [-0.25, -0.2) is 8.42 Å². The third kappa shape index (κ3) is 4.63. The van der Waals surface area contributed by atoms with E-state index >= 15 is 0 Å². The normalized spacial score (nSPS) is 19.1. The second-order valence-corrected chi connectivity index (χ2v) is 8.02. The van der Waals surface area contributed by atoms with Crippen LogP contribution in [0, 0.1) is 5.92 Å². The van der Waals surface area contributed by atoms with Crippen molar-refractivity contribution in [1.82, 2.24) is 4.90 Å². The fourth-order valence-corrected chi connectivity index (χ4v) is 4.51. The minimum atomic E-state index is -3.61. The highest BCUT2D eigenvalue weighted by Gasteiger charge is 2.32. The number of sulfonamides is 1. The van der Waals surface area contributed by atoms with Crippen molar-refractivity contribution in [1.29, 1.82) is 0 Å². The van der Waals surface area contributed by atoms with Crippen molar-refractivity contribution in [2.75, 3.05) is 24.1 Å². The summed E-state index contributed by atoms with van der Waals surface area (Å²) in [6.45, 7) is 4.46. The van der Waals surface area contributed by atoms with Crippen LogP contribution in [0.5, 0.6) is 5.75 Å². The molecule has 134 valence electrons. The molecule has 1 N–H and O–H groups in total. The first-order chi connectivity index (χ1) is 11.4. The molecule has 2 rings (SSSR count). The van der Waals surface area contributed by atoms with Gasteiger partial charge in [-0.05, 0) is 31.4 Å². The lowest BCUT2D eigenvalue weighted by Gasteiger charge is -2.26. The fourth-order valence-electron chi connectivity index (χ4n) is 3.14. The first-order valence-corrected chi connectivity index (χ1v) is 9.96. The van der Waals surface area contributed by atoms with Crippen LogP contribution in [0.2, 0.25) is 0 Å². The molecule has 1 heterocycles. The minimum absolute atomic E-state index is 0.0737. The average Bonchev–Trinajstić information content (AvgIpc) is 3.01. The zero-order valence-electron chi connectivity index (χ0n) is 14.5. The van der Waals surface area contributed by atoms with Gasteiger partial charge in [0.1, 0.15) is 5.75 Å². The van der Waals surface area contributed by atoms with Gasteiger partial charge in [0.2, 0.25) is 15.9 Å². The van der Waals surface area contributed by atoms with E-state index in [9.17, 15) is 13.2 Å². The van der Waals surface area contributed by atoms with Crippen LogP contribution in [0.25, 0.3) is 0 Å². The number of anilines is 1. The quantitative estimate of drug-likeness (QED) is 0.816. The van der Waals surface area contributed by atoms with Gasteiger partial charge in [0.05, 0.1) is 24.5 Å². The van der Waals surface area contributed by atoms with E-state index in [1.165, 1.54) is 7.11 Å². The van der Waals surface area contributed by atoms with E-state index in [4.69, 9.17) is 4.74 Å². The Labute approximate surface area is 144 Å². The fraction of sp³-hybridized carbons (Fsp3) is 0.588. The maximum Gasteiger partial charge on any atom is 0.233 e. The van der Waals surface area contributed by atoms with Crippen LogP contribution in [0.15, 0.2) is 24.3 Å². The summed E-state index contributed by atoms with van der Waals surface area (Å²) < 4.78 is 32.3. The molecule has 6 nitrogen and oxygen atoms in total. The summed E-state index contributed by atoms with van der Waals surface area (Å²) in [6.07, 6.45) is 2.91. The van der Waals surface area contributed by atoms with E-state index in [-0.39, 0.29) is 17.7 Å². The first-order valence-electron chi connectivity index (χ1n) is 8.31. The molecule has 2 unspecified atom stereocenters. The number of rotatable bonds is 7. The molecule has 1 aromatic carbocycles. The van der Waals surface area contributed by atoms with Gasteiger partial charge >= 0.3 is 0 Å². The van der Waals surface area contributed by atoms with Crippen LogP contribution in [0.4, 0.5) is 5.69 Å². The number of nitrogens with zero attached hydrogens (tertiary/aromatic N) is 1. The van der Waals surface area contributed by atoms with Gasteiger partial charge in [-0.3, -0.25) is 9.52 Å². The van der Waals surface area contributed by atoms with Crippen molar-refractivity contribution in [3.8, 4) is 5.75 Å². The van der Waals surface area contributed by atoms with E-state index < -0.39 is 15.9 Å². The van der Waals surface area contributed by atoms with Gasteiger partial charge in [0, 0.05) is 18.7 Å². The molecule has 7 heteroatoms. The molecule has 2 atom stereocenters. The SMILES string of the molecule is CCC1CCCN1C(=O)C(C)CS(=O)(=O)Nc1cccc(OC)c1. The van der Waals surface area contributed by atoms with Crippen LogP contribution < -0.4 is 9.46 Å². The second kappa shape index (κ2) is 7.88. The number of methoxy groups -OCH3 is 1. The molecule has 0 aliphatic carbocycles.